The van der Waals surface area contributed by atoms with E-state index >= 15 is 0 Å². The maximum Gasteiger partial charge on any atom is 0.416 e. The molecule has 0 spiro atoms. The summed E-state index contributed by atoms with van der Waals surface area (Å²) in [6.07, 6.45) is 0.708. The quantitative estimate of drug-likeness (QED) is 0.261. The molecule has 2 heterocycles. The van der Waals surface area contributed by atoms with Crippen LogP contribution in [-0.2, 0) is 13.2 Å². The summed E-state index contributed by atoms with van der Waals surface area (Å²) in [7, 11) is 1.54. The highest BCUT2D eigenvalue weighted by Crippen LogP contribution is 2.43. The summed E-state index contributed by atoms with van der Waals surface area (Å²) in [5, 5.41) is 9.86. The van der Waals surface area contributed by atoms with Gasteiger partial charge in [0, 0.05) is 39.8 Å². The van der Waals surface area contributed by atoms with E-state index in [1.165, 1.54) is 16.8 Å². The number of nitrogens with one attached hydrogen (secondary N) is 2. The second-order valence-corrected chi connectivity index (χ2v) is 8.89. The molecule has 12 heteroatoms. The van der Waals surface area contributed by atoms with Gasteiger partial charge in [-0.25, -0.2) is 8.78 Å². The molecule has 1 unspecified atom stereocenters. The largest absolute Gasteiger partial charge is 0.416 e. The van der Waals surface area contributed by atoms with Crippen LogP contribution in [0.5, 0.6) is 0 Å². The third-order valence-electron chi connectivity index (χ3n) is 6.10. The van der Waals surface area contributed by atoms with Gasteiger partial charge < -0.3 is 10.6 Å². The molecule has 6 nitrogen and oxygen atoms in total. The molecule has 3 aromatic carbocycles. The van der Waals surface area contributed by atoms with E-state index in [0.29, 0.717) is 17.5 Å². The fourth-order valence-corrected chi connectivity index (χ4v) is 4.70. The predicted octanol–water partition coefficient (Wildman–Crippen LogP) is 5.59. The lowest BCUT2D eigenvalue weighted by Gasteiger charge is -2.18. The summed E-state index contributed by atoms with van der Waals surface area (Å²) in [4.78, 5) is 26.2. The standard InChI is InChI=1S/C26H14ClF5N4O2/c1-3-19-16-10-18(33-24(37)11-6-12(26(30,31)32)8-14(29)7-11)20-21(23(16)35-36(19)2)25(38)34-22(20)15-9-13(28)4-5-17(15)27/h1,4-10,22H,2H3,(H,33,37)(H,34,38). The van der Waals surface area contributed by atoms with Gasteiger partial charge in [-0.3, -0.25) is 14.3 Å². The molecular formula is C26H14ClF5N4O2. The van der Waals surface area contributed by atoms with E-state index in [2.05, 4.69) is 21.7 Å². The number of terminal acetylenes is 1. The summed E-state index contributed by atoms with van der Waals surface area (Å²) in [6.45, 7) is 0. The number of anilines is 1. The molecule has 1 aliphatic rings. The molecule has 2 N–H and O–H groups in total. The molecule has 0 fully saturated rings. The van der Waals surface area contributed by atoms with Gasteiger partial charge in [0.1, 0.15) is 22.8 Å². The lowest BCUT2D eigenvalue weighted by molar-refractivity contribution is -0.137. The van der Waals surface area contributed by atoms with Crippen LogP contribution in [0.2, 0.25) is 5.02 Å². The van der Waals surface area contributed by atoms with Crippen molar-refractivity contribution in [3.05, 3.63) is 92.6 Å². The summed E-state index contributed by atoms with van der Waals surface area (Å²) in [5.41, 5.74) is -1.27. The molecule has 2 amide bonds. The summed E-state index contributed by atoms with van der Waals surface area (Å²) in [5.74, 6) is -1.20. The van der Waals surface area contributed by atoms with Crippen LogP contribution in [0.1, 0.15) is 49.1 Å². The predicted molar refractivity (Wildman–Crippen MR) is 129 cm³/mol. The molecule has 0 radical (unpaired) electrons. The SMILES string of the molecule is C#Cc1c2cc(NC(=O)c3cc(F)cc(C(F)(F)F)c3)c3c(c2nn1C)C(=O)NC3c1cc(F)ccc1Cl. The Morgan fingerprint density at radius 2 is 1.89 bits per heavy atom. The second kappa shape index (κ2) is 8.85. The Bertz CT molecular complexity index is 1720. The molecule has 192 valence electrons. The molecule has 1 aliphatic heterocycles. The highest BCUT2D eigenvalue weighted by atomic mass is 35.5. The summed E-state index contributed by atoms with van der Waals surface area (Å²) in [6, 6.07) is 5.26. The number of aryl methyl sites for hydroxylation is 1. The van der Waals surface area contributed by atoms with E-state index in [1.54, 1.807) is 7.05 Å². The zero-order chi connectivity index (χ0) is 27.5. The van der Waals surface area contributed by atoms with Crippen LogP contribution in [0, 0.1) is 24.0 Å². The minimum Gasteiger partial charge on any atom is -0.341 e. The van der Waals surface area contributed by atoms with Crippen molar-refractivity contribution in [2.24, 2.45) is 7.05 Å². The van der Waals surface area contributed by atoms with E-state index < -0.39 is 46.8 Å². The number of nitrogens with zero attached hydrogens (tertiary/aromatic N) is 2. The number of aromatic nitrogens is 2. The van der Waals surface area contributed by atoms with Gasteiger partial charge in [0.05, 0.1) is 17.2 Å². The number of halogens is 6. The fraction of sp³-hybridized carbons (Fsp3) is 0.115. The van der Waals surface area contributed by atoms with Crippen molar-refractivity contribution in [1.82, 2.24) is 15.1 Å². The number of carbonyl (C=O) groups is 2. The minimum absolute atomic E-state index is 0.00968. The Morgan fingerprint density at radius 3 is 2.58 bits per heavy atom. The van der Waals surface area contributed by atoms with Gasteiger partial charge in [-0.15, -0.1) is 6.42 Å². The van der Waals surface area contributed by atoms with Crippen molar-refractivity contribution >= 4 is 40.0 Å². The summed E-state index contributed by atoms with van der Waals surface area (Å²) >= 11 is 6.29. The third-order valence-corrected chi connectivity index (χ3v) is 6.45. The molecule has 1 atom stereocenters. The van der Waals surface area contributed by atoms with Crippen molar-refractivity contribution in [2.75, 3.05) is 5.32 Å². The third kappa shape index (κ3) is 4.13. The van der Waals surface area contributed by atoms with Crippen LogP contribution in [0.25, 0.3) is 10.9 Å². The molecule has 0 saturated carbocycles. The Morgan fingerprint density at radius 1 is 1.16 bits per heavy atom. The lowest BCUT2D eigenvalue weighted by Crippen LogP contribution is -2.21. The highest BCUT2D eigenvalue weighted by Gasteiger charge is 2.38. The van der Waals surface area contributed by atoms with Gasteiger partial charge >= 0.3 is 6.18 Å². The van der Waals surface area contributed by atoms with Crippen LogP contribution in [-0.4, -0.2) is 21.6 Å². The van der Waals surface area contributed by atoms with Crippen LogP contribution < -0.4 is 10.6 Å². The topological polar surface area (TPSA) is 76.0 Å². The van der Waals surface area contributed by atoms with E-state index in [1.807, 2.05) is 0 Å². The van der Waals surface area contributed by atoms with Crippen molar-refractivity contribution in [3.63, 3.8) is 0 Å². The first-order valence-electron chi connectivity index (χ1n) is 10.8. The molecule has 38 heavy (non-hydrogen) atoms. The molecular weight excluding hydrogens is 531 g/mol. The normalized spacial score (nSPS) is 14.8. The molecule has 0 saturated heterocycles. The molecule has 0 aliphatic carbocycles. The average molecular weight is 545 g/mol. The Labute approximate surface area is 216 Å². The zero-order valence-electron chi connectivity index (χ0n) is 19.2. The first-order chi connectivity index (χ1) is 17.9. The van der Waals surface area contributed by atoms with E-state index in [0.717, 1.165) is 12.1 Å². The number of benzene rings is 3. The summed E-state index contributed by atoms with van der Waals surface area (Å²) < 4.78 is 69.1. The smallest absolute Gasteiger partial charge is 0.341 e. The van der Waals surface area contributed by atoms with Gasteiger partial charge in [0.25, 0.3) is 11.8 Å². The number of rotatable bonds is 3. The first kappa shape index (κ1) is 25.2. The van der Waals surface area contributed by atoms with Crippen molar-refractivity contribution in [3.8, 4) is 12.3 Å². The second-order valence-electron chi connectivity index (χ2n) is 8.48. The Balaban J connectivity index is 1.72. The lowest BCUT2D eigenvalue weighted by atomic mass is 9.94. The first-order valence-corrected chi connectivity index (χ1v) is 11.2. The number of hydrogen-bond donors (Lipinski definition) is 2. The number of fused-ring (bicyclic) bond motifs is 3. The van der Waals surface area contributed by atoms with Crippen LogP contribution in [0.3, 0.4) is 0 Å². The van der Waals surface area contributed by atoms with Gasteiger partial charge in [-0.1, -0.05) is 11.6 Å². The van der Waals surface area contributed by atoms with Crippen LogP contribution in [0.4, 0.5) is 27.6 Å². The number of hydrogen-bond acceptors (Lipinski definition) is 3. The zero-order valence-corrected chi connectivity index (χ0v) is 19.9. The van der Waals surface area contributed by atoms with Gasteiger partial charge in [0.2, 0.25) is 0 Å². The van der Waals surface area contributed by atoms with E-state index in [-0.39, 0.29) is 44.7 Å². The van der Waals surface area contributed by atoms with Crippen molar-refractivity contribution < 1.29 is 31.5 Å². The van der Waals surface area contributed by atoms with Crippen LogP contribution >= 0.6 is 11.6 Å². The van der Waals surface area contributed by atoms with E-state index in [9.17, 15) is 31.5 Å². The Hall–Kier alpha value is -4.43. The molecule has 0 bridgehead atoms. The van der Waals surface area contributed by atoms with Crippen molar-refractivity contribution in [2.45, 2.75) is 12.2 Å². The molecule has 1 aromatic heterocycles. The number of alkyl halides is 3. The number of amides is 2. The van der Waals surface area contributed by atoms with E-state index in [4.69, 9.17) is 18.0 Å². The fourth-order valence-electron chi connectivity index (χ4n) is 4.47. The van der Waals surface area contributed by atoms with Crippen molar-refractivity contribution in [1.29, 1.82) is 0 Å². The molecule has 4 aromatic rings. The average Bonchev–Trinajstić information content (AvgIpc) is 3.35. The maximum atomic E-state index is 14.1. The molecule has 5 rings (SSSR count). The monoisotopic (exact) mass is 544 g/mol. The number of carbonyl (C=O) groups excluding carboxylic acids is 2. The highest BCUT2D eigenvalue weighted by molar-refractivity contribution is 6.31. The van der Waals surface area contributed by atoms with Crippen LogP contribution in [0.15, 0.2) is 42.5 Å². The van der Waals surface area contributed by atoms with Gasteiger partial charge in [0.15, 0.2) is 0 Å². The Kier molecular flexibility index (Phi) is 5.87. The minimum atomic E-state index is -4.90. The maximum absolute atomic E-state index is 14.1. The van der Waals surface area contributed by atoms with Gasteiger partial charge in [-0.2, -0.15) is 18.3 Å². The van der Waals surface area contributed by atoms with Gasteiger partial charge in [-0.05, 0) is 48.4 Å².